The Morgan fingerprint density at radius 1 is 1.20 bits per heavy atom. The highest BCUT2D eigenvalue weighted by Gasteiger charge is 2.16. The molecular formula is C12H11N3O4S. The first-order chi connectivity index (χ1) is 9.38. The predicted molar refractivity (Wildman–Crippen MR) is 70.6 cm³/mol. The number of carbonyl (C=O) groups is 1. The molecule has 7 nitrogen and oxygen atoms in total. The van der Waals surface area contributed by atoms with Gasteiger partial charge in [-0.1, -0.05) is 6.07 Å². The Morgan fingerprint density at radius 3 is 2.60 bits per heavy atom. The lowest BCUT2D eigenvalue weighted by atomic mass is 10.2. The molecule has 0 radical (unpaired) electrons. The average Bonchev–Trinajstić information content (AvgIpc) is 2.38. The Balaban J connectivity index is 2.41. The van der Waals surface area contributed by atoms with Gasteiger partial charge in [0.2, 0.25) is 21.8 Å². The molecule has 2 rings (SSSR count). The highest BCUT2D eigenvalue weighted by Crippen LogP contribution is 2.25. The number of ether oxygens (including phenoxy) is 1. The first-order valence-corrected chi connectivity index (χ1v) is 6.98. The average molecular weight is 293 g/mol. The van der Waals surface area contributed by atoms with Crippen LogP contribution >= 0.6 is 0 Å². The quantitative estimate of drug-likeness (QED) is 0.854. The number of primary amides is 1. The Labute approximate surface area is 115 Å². The van der Waals surface area contributed by atoms with E-state index >= 15 is 0 Å². The second kappa shape index (κ2) is 5.27. The number of nitrogens with two attached hydrogens (primary N) is 2. The normalized spacial score (nSPS) is 11.1. The number of amides is 1. The number of hydrogen-bond donors (Lipinski definition) is 2. The monoisotopic (exact) mass is 293 g/mol. The number of aromatic nitrogens is 1. The molecule has 0 fully saturated rings. The van der Waals surface area contributed by atoms with Crippen molar-refractivity contribution in [3.63, 3.8) is 0 Å². The van der Waals surface area contributed by atoms with Gasteiger partial charge < -0.3 is 10.5 Å². The van der Waals surface area contributed by atoms with Crippen molar-refractivity contribution >= 4 is 15.9 Å². The van der Waals surface area contributed by atoms with Crippen LogP contribution in [0.3, 0.4) is 0 Å². The fourth-order valence-corrected chi connectivity index (χ4v) is 2.10. The molecule has 0 aliphatic rings. The Morgan fingerprint density at radius 2 is 1.95 bits per heavy atom. The van der Waals surface area contributed by atoms with Crippen molar-refractivity contribution in [3.8, 4) is 11.6 Å². The van der Waals surface area contributed by atoms with Gasteiger partial charge in [-0.3, -0.25) is 4.79 Å². The van der Waals surface area contributed by atoms with E-state index in [0.29, 0.717) is 0 Å². The molecular weight excluding hydrogens is 282 g/mol. The molecule has 1 aromatic heterocycles. The molecule has 1 aromatic carbocycles. The van der Waals surface area contributed by atoms with Crippen LogP contribution in [0.2, 0.25) is 0 Å². The van der Waals surface area contributed by atoms with E-state index in [-0.39, 0.29) is 22.1 Å². The van der Waals surface area contributed by atoms with E-state index in [2.05, 4.69) is 4.98 Å². The third kappa shape index (κ3) is 3.11. The fraction of sp³-hybridized carbons (Fsp3) is 0. The number of hydrogen-bond acceptors (Lipinski definition) is 5. The van der Waals surface area contributed by atoms with Crippen LogP contribution in [0.4, 0.5) is 0 Å². The maximum atomic E-state index is 11.4. The van der Waals surface area contributed by atoms with Crippen molar-refractivity contribution in [2.75, 3.05) is 0 Å². The summed E-state index contributed by atoms with van der Waals surface area (Å²) in [5.41, 5.74) is 5.38. The van der Waals surface area contributed by atoms with Crippen molar-refractivity contribution in [3.05, 3.63) is 48.2 Å². The van der Waals surface area contributed by atoms with Crippen LogP contribution in [-0.2, 0) is 10.0 Å². The predicted octanol–water partition coefficient (Wildman–Crippen LogP) is 0.620. The molecule has 0 saturated heterocycles. The van der Waals surface area contributed by atoms with Gasteiger partial charge in [-0.2, -0.15) is 0 Å². The molecule has 20 heavy (non-hydrogen) atoms. The van der Waals surface area contributed by atoms with E-state index in [4.69, 9.17) is 15.6 Å². The van der Waals surface area contributed by atoms with E-state index in [9.17, 15) is 13.2 Å². The summed E-state index contributed by atoms with van der Waals surface area (Å²) in [7, 11) is -3.96. The zero-order valence-electron chi connectivity index (χ0n) is 10.2. The van der Waals surface area contributed by atoms with Gasteiger partial charge in [-0.05, 0) is 30.3 Å². The van der Waals surface area contributed by atoms with Crippen LogP contribution in [-0.4, -0.2) is 19.3 Å². The number of primary sulfonamides is 1. The lowest BCUT2D eigenvalue weighted by Gasteiger charge is -2.08. The van der Waals surface area contributed by atoms with Gasteiger partial charge in [-0.25, -0.2) is 18.5 Å². The van der Waals surface area contributed by atoms with E-state index in [1.54, 1.807) is 6.07 Å². The summed E-state index contributed by atoms with van der Waals surface area (Å²) >= 11 is 0. The van der Waals surface area contributed by atoms with Gasteiger partial charge in [0.05, 0.1) is 0 Å². The zero-order valence-corrected chi connectivity index (χ0v) is 11.0. The van der Waals surface area contributed by atoms with E-state index in [0.717, 1.165) is 0 Å². The minimum atomic E-state index is -3.96. The molecule has 1 amide bonds. The maximum Gasteiger partial charge on any atom is 0.248 e. The molecule has 0 aliphatic heterocycles. The lowest BCUT2D eigenvalue weighted by molar-refractivity contribution is 0.1000. The first kappa shape index (κ1) is 14.0. The van der Waals surface area contributed by atoms with Crippen LogP contribution in [0.5, 0.6) is 11.6 Å². The number of benzene rings is 1. The topological polar surface area (TPSA) is 125 Å². The van der Waals surface area contributed by atoms with Crippen molar-refractivity contribution in [2.45, 2.75) is 4.90 Å². The molecule has 104 valence electrons. The zero-order chi connectivity index (χ0) is 14.8. The molecule has 0 atom stereocenters. The summed E-state index contributed by atoms with van der Waals surface area (Å²) in [5.74, 6) is -0.565. The second-order valence-electron chi connectivity index (χ2n) is 3.85. The number of pyridine rings is 1. The first-order valence-electron chi connectivity index (χ1n) is 5.43. The third-order valence-corrected chi connectivity index (χ3v) is 3.30. The summed E-state index contributed by atoms with van der Waals surface area (Å²) in [5, 5.41) is 5.07. The van der Waals surface area contributed by atoms with Gasteiger partial charge >= 0.3 is 0 Å². The largest absolute Gasteiger partial charge is 0.438 e. The minimum absolute atomic E-state index is 0.170. The summed E-state index contributed by atoms with van der Waals surface area (Å²) in [6.45, 7) is 0. The molecule has 2 aromatic rings. The smallest absolute Gasteiger partial charge is 0.248 e. The molecule has 0 unspecified atom stereocenters. The summed E-state index contributed by atoms with van der Waals surface area (Å²) < 4.78 is 28.2. The second-order valence-corrected chi connectivity index (χ2v) is 5.38. The number of carbonyl (C=O) groups excluding carboxylic acids is 1. The summed E-state index contributed by atoms with van der Waals surface area (Å²) in [4.78, 5) is 14.6. The number of nitrogens with zero attached hydrogens (tertiary/aromatic N) is 1. The van der Waals surface area contributed by atoms with Crippen LogP contribution in [0.1, 0.15) is 10.4 Å². The van der Waals surface area contributed by atoms with Crippen molar-refractivity contribution in [1.29, 1.82) is 0 Å². The third-order valence-electron chi connectivity index (χ3n) is 2.38. The SMILES string of the molecule is NC(=O)c1cccc(Oc2ncccc2S(N)(=O)=O)c1. The molecule has 0 spiro atoms. The fourth-order valence-electron chi connectivity index (χ4n) is 1.49. The maximum absolute atomic E-state index is 11.4. The van der Waals surface area contributed by atoms with Gasteiger partial charge in [0, 0.05) is 11.8 Å². The Bertz CT molecular complexity index is 759. The molecule has 4 N–H and O–H groups in total. The molecule has 0 bridgehead atoms. The van der Waals surface area contributed by atoms with Crippen LogP contribution in [0, 0.1) is 0 Å². The van der Waals surface area contributed by atoms with E-state index < -0.39 is 15.9 Å². The van der Waals surface area contributed by atoms with Crippen molar-refractivity contribution in [2.24, 2.45) is 10.9 Å². The van der Waals surface area contributed by atoms with Crippen molar-refractivity contribution < 1.29 is 17.9 Å². The molecule has 8 heteroatoms. The van der Waals surface area contributed by atoms with Crippen LogP contribution in [0.25, 0.3) is 0 Å². The Kier molecular flexibility index (Phi) is 3.68. The van der Waals surface area contributed by atoms with E-state index in [1.807, 2.05) is 0 Å². The molecule has 0 aliphatic carbocycles. The van der Waals surface area contributed by atoms with Crippen LogP contribution in [0.15, 0.2) is 47.5 Å². The highest BCUT2D eigenvalue weighted by atomic mass is 32.2. The standard InChI is InChI=1S/C12H11N3O4S/c13-11(16)8-3-1-4-9(7-8)19-12-10(20(14,17)18)5-2-6-15-12/h1-7H,(H2,13,16)(H2,14,17,18). The molecule has 1 heterocycles. The highest BCUT2D eigenvalue weighted by molar-refractivity contribution is 7.89. The summed E-state index contributed by atoms with van der Waals surface area (Å²) in [6, 6.07) is 8.67. The van der Waals surface area contributed by atoms with Crippen LogP contribution < -0.4 is 15.6 Å². The molecule has 0 saturated carbocycles. The minimum Gasteiger partial charge on any atom is -0.438 e. The lowest BCUT2D eigenvalue weighted by Crippen LogP contribution is -2.14. The summed E-state index contributed by atoms with van der Waals surface area (Å²) in [6.07, 6.45) is 1.36. The van der Waals surface area contributed by atoms with Gasteiger partial charge in [0.1, 0.15) is 10.6 Å². The van der Waals surface area contributed by atoms with Gasteiger partial charge in [0.15, 0.2) is 0 Å². The number of rotatable bonds is 4. The number of sulfonamides is 1. The van der Waals surface area contributed by atoms with Gasteiger partial charge in [-0.15, -0.1) is 0 Å². The van der Waals surface area contributed by atoms with E-state index in [1.165, 1.54) is 36.5 Å². The van der Waals surface area contributed by atoms with Crippen molar-refractivity contribution in [1.82, 2.24) is 4.98 Å². The van der Waals surface area contributed by atoms with Gasteiger partial charge in [0.25, 0.3) is 0 Å². The Hall–Kier alpha value is -2.45.